The molecule has 3 rings (SSSR count). The normalized spacial score (nSPS) is 10.7. The summed E-state index contributed by atoms with van der Waals surface area (Å²) in [5.41, 5.74) is 1.32. The van der Waals surface area contributed by atoms with Crippen molar-refractivity contribution in [2.24, 2.45) is 0 Å². The van der Waals surface area contributed by atoms with E-state index in [0.717, 1.165) is 5.56 Å². The number of benzene rings is 2. The summed E-state index contributed by atoms with van der Waals surface area (Å²) >= 11 is 0. The van der Waals surface area contributed by atoms with Crippen molar-refractivity contribution in [1.82, 2.24) is 19.2 Å². The van der Waals surface area contributed by atoms with Crippen molar-refractivity contribution in [1.29, 1.82) is 0 Å². The van der Waals surface area contributed by atoms with E-state index in [1.807, 2.05) is 44.2 Å². The molecule has 7 nitrogen and oxygen atoms in total. The number of hydrogen-bond acceptors (Lipinski definition) is 4. The molecule has 0 radical (unpaired) electrons. The lowest BCUT2D eigenvalue weighted by Gasteiger charge is -2.18. The van der Waals surface area contributed by atoms with E-state index in [4.69, 9.17) is 4.74 Å². The molecule has 0 atom stereocenters. The molecule has 152 valence electrons. The number of carbonyl (C=O) groups excluding carboxylic acids is 1. The highest BCUT2D eigenvalue weighted by Crippen LogP contribution is 2.14. The van der Waals surface area contributed by atoms with E-state index in [9.17, 15) is 9.59 Å². The molecule has 0 N–H and O–H groups in total. The molecular weight excluding hydrogens is 368 g/mol. The van der Waals surface area contributed by atoms with Crippen LogP contribution in [0.3, 0.4) is 0 Å². The van der Waals surface area contributed by atoms with Crippen LogP contribution < -0.4 is 10.4 Å². The van der Waals surface area contributed by atoms with Gasteiger partial charge < -0.3 is 9.64 Å². The summed E-state index contributed by atoms with van der Waals surface area (Å²) in [5, 5.41) is 4.55. The van der Waals surface area contributed by atoms with Crippen LogP contribution in [-0.2, 0) is 17.8 Å². The average Bonchev–Trinajstić information content (AvgIpc) is 3.05. The van der Waals surface area contributed by atoms with Crippen LogP contribution in [0.4, 0.5) is 0 Å². The molecule has 2 aromatic carbocycles. The minimum atomic E-state index is -0.332. The Morgan fingerprint density at radius 1 is 1.03 bits per heavy atom. The zero-order chi connectivity index (χ0) is 20.8. The van der Waals surface area contributed by atoms with E-state index in [1.54, 1.807) is 36.3 Å². The fourth-order valence-corrected chi connectivity index (χ4v) is 3.21. The lowest BCUT2D eigenvalue weighted by molar-refractivity contribution is -0.131. The van der Waals surface area contributed by atoms with E-state index in [2.05, 4.69) is 5.10 Å². The van der Waals surface area contributed by atoms with Gasteiger partial charge in [-0.2, -0.15) is 4.68 Å². The molecule has 0 fully saturated rings. The molecule has 0 aliphatic rings. The molecule has 1 heterocycles. The van der Waals surface area contributed by atoms with Gasteiger partial charge in [0.15, 0.2) is 0 Å². The molecule has 0 saturated heterocycles. The number of rotatable bonds is 8. The number of nitrogens with zero attached hydrogens (tertiary/aromatic N) is 4. The second-order valence-electron chi connectivity index (χ2n) is 6.62. The van der Waals surface area contributed by atoms with Gasteiger partial charge in [0.1, 0.15) is 18.1 Å². The lowest BCUT2D eigenvalue weighted by atomic mass is 10.1. The molecule has 7 heteroatoms. The zero-order valence-corrected chi connectivity index (χ0v) is 17.0. The maximum absolute atomic E-state index is 13.1. The lowest BCUT2D eigenvalue weighted by Crippen LogP contribution is -2.37. The second kappa shape index (κ2) is 9.23. The van der Waals surface area contributed by atoms with Crippen molar-refractivity contribution in [2.45, 2.75) is 26.8 Å². The molecule has 0 unspecified atom stereocenters. The third-order valence-electron chi connectivity index (χ3n) is 4.87. The Kier molecular flexibility index (Phi) is 6.49. The highest BCUT2D eigenvalue weighted by atomic mass is 16.5. The molecule has 29 heavy (non-hydrogen) atoms. The van der Waals surface area contributed by atoms with Crippen molar-refractivity contribution in [3.63, 3.8) is 0 Å². The van der Waals surface area contributed by atoms with Crippen LogP contribution in [0.2, 0.25) is 0 Å². The summed E-state index contributed by atoms with van der Waals surface area (Å²) in [5.74, 6) is 1.15. The van der Waals surface area contributed by atoms with Crippen LogP contribution >= 0.6 is 0 Å². The van der Waals surface area contributed by atoms with Crippen LogP contribution in [-0.4, -0.2) is 45.4 Å². The van der Waals surface area contributed by atoms with Crippen molar-refractivity contribution in [3.8, 4) is 11.4 Å². The topological polar surface area (TPSA) is 69.4 Å². The summed E-state index contributed by atoms with van der Waals surface area (Å²) in [7, 11) is 1.59. The first-order chi connectivity index (χ1) is 14.1. The Labute approximate surface area is 170 Å². The highest BCUT2D eigenvalue weighted by Gasteiger charge is 2.19. The summed E-state index contributed by atoms with van der Waals surface area (Å²) < 4.78 is 7.99. The van der Waals surface area contributed by atoms with Gasteiger partial charge >= 0.3 is 5.69 Å². The van der Waals surface area contributed by atoms with Gasteiger partial charge in [-0.15, -0.1) is 5.10 Å². The molecule has 0 bridgehead atoms. The number of hydrogen-bond donors (Lipinski definition) is 0. The number of ether oxygens (including phenoxy) is 1. The molecule has 1 aromatic heterocycles. The van der Waals surface area contributed by atoms with Crippen LogP contribution in [0, 0.1) is 0 Å². The quantitative estimate of drug-likeness (QED) is 0.589. The third-order valence-corrected chi connectivity index (χ3v) is 4.87. The SMILES string of the molecule is CCN(CC)C(=O)Cn1c(Cc2ccccc2)nn(-c2ccc(OC)cc2)c1=O. The van der Waals surface area contributed by atoms with E-state index >= 15 is 0 Å². The van der Waals surface area contributed by atoms with Gasteiger partial charge in [-0.1, -0.05) is 30.3 Å². The number of amides is 1. The van der Waals surface area contributed by atoms with Crippen molar-refractivity contribution >= 4 is 5.91 Å². The van der Waals surface area contributed by atoms with E-state index in [1.165, 1.54) is 9.25 Å². The Balaban J connectivity index is 2.02. The largest absolute Gasteiger partial charge is 0.497 e. The predicted molar refractivity (Wildman–Crippen MR) is 112 cm³/mol. The molecule has 0 aliphatic carbocycles. The third kappa shape index (κ3) is 4.56. The van der Waals surface area contributed by atoms with E-state index < -0.39 is 0 Å². The van der Waals surface area contributed by atoms with Gasteiger partial charge in [-0.3, -0.25) is 9.36 Å². The molecule has 0 saturated carbocycles. The van der Waals surface area contributed by atoms with Crippen molar-refractivity contribution in [2.75, 3.05) is 20.2 Å². The summed E-state index contributed by atoms with van der Waals surface area (Å²) in [6.45, 7) is 5.03. The molecule has 3 aromatic rings. The second-order valence-corrected chi connectivity index (χ2v) is 6.62. The van der Waals surface area contributed by atoms with Crippen LogP contribution in [0.5, 0.6) is 5.75 Å². The number of methoxy groups -OCH3 is 1. The van der Waals surface area contributed by atoms with Gasteiger partial charge in [0.2, 0.25) is 5.91 Å². The maximum Gasteiger partial charge on any atom is 0.351 e. The molecule has 0 aliphatic heterocycles. The van der Waals surface area contributed by atoms with Crippen molar-refractivity contribution in [3.05, 3.63) is 76.5 Å². The number of aromatic nitrogens is 3. The first-order valence-corrected chi connectivity index (χ1v) is 9.72. The minimum Gasteiger partial charge on any atom is -0.497 e. The van der Waals surface area contributed by atoms with Crippen LogP contribution in [0.25, 0.3) is 5.69 Å². The van der Waals surface area contributed by atoms with Crippen LogP contribution in [0.15, 0.2) is 59.4 Å². The summed E-state index contributed by atoms with van der Waals surface area (Å²) in [6.07, 6.45) is 0.463. The smallest absolute Gasteiger partial charge is 0.351 e. The Hall–Kier alpha value is -3.35. The van der Waals surface area contributed by atoms with Gasteiger partial charge in [-0.25, -0.2) is 4.79 Å². The van der Waals surface area contributed by atoms with Gasteiger partial charge in [-0.05, 0) is 43.7 Å². The van der Waals surface area contributed by atoms with Crippen molar-refractivity contribution < 1.29 is 9.53 Å². The van der Waals surface area contributed by atoms with E-state index in [-0.39, 0.29) is 18.1 Å². The predicted octanol–water partition coefficient (Wildman–Crippen LogP) is 2.50. The van der Waals surface area contributed by atoms with Gasteiger partial charge in [0, 0.05) is 19.5 Å². The molecule has 0 spiro atoms. The number of carbonyl (C=O) groups is 1. The van der Waals surface area contributed by atoms with Gasteiger partial charge in [0.05, 0.1) is 12.8 Å². The minimum absolute atomic E-state index is 0.0289. The number of likely N-dealkylation sites (N-methyl/N-ethyl adjacent to an activating group) is 1. The maximum atomic E-state index is 13.1. The monoisotopic (exact) mass is 394 g/mol. The first kappa shape index (κ1) is 20.4. The molecular formula is C22H26N4O3. The van der Waals surface area contributed by atoms with Crippen LogP contribution in [0.1, 0.15) is 25.2 Å². The fraction of sp³-hybridized carbons (Fsp3) is 0.318. The standard InChI is InChI=1S/C22H26N4O3/c1-4-24(5-2)21(27)16-25-20(15-17-9-7-6-8-10-17)23-26(22(25)28)18-11-13-19(29-3)14-12-18/h6-14H,4-5,15-16H2,1-3H3. The highest BCUT2D eigenvalue weighted by molar-refractivity contribution is 5.76. The summed E-state index contributed by atoms with van der Waals surface area (Å²) in [4.78, 5) is 27.5. The Bertz CT molecular complexity index is 1000. The average molecular weight is 394 g/mol. The fourth-order valence-electron chi connectivity index (χ4n) is 3.21. The Morgan fingerprint density at radius 3 is 2.28 bits per heavy atom. The first-order valence-electron chi connectivity index (χ1n) is 9.72. The summed E-state index contributed by atoms with van der Waals surface area (Å²) in [6, 6.07) is 16.9. The molecule has 1 amide bonds. The zero-order valence-electron chi connectivity index (χ0n) is 17.0. The van der Waals surface area contributed by atoms with E-state index in [0.29, 0.717) is 36.8 Å². The Morgan fingerprint density at radius 2 is 1.69 bits per heavy atom. The van der Waals surface area contributed by atoms with Gasteiger partial charge in [0.25, 0.3) is 0 Å².